The number of hydrogen-bond acceptors (Lipinski definition) is 5. The second-order valence-electron chi connectivity index (χ2n) is 6.01. The van der Waals surface area contributed by atoms with Crippen LogP contribution in [-0.4, -0.2) is 60.1 Å². The van der Waals surface area contributed by atoms with Gasteiger partial charge in [0.1, 0.15) is 6.29 Å². The number of pyridine rings is 1. The molecule has 0 radical (unpaired) electrons. The van der Waals surface area contributed by atoms with Gasteiger partial charge >= 0.3 is 0 Å². The highest BCUT2D eigenvalue weighted by Gasteiger charge is 2.20. The topological polar surface area (TPSA) is 48.5 Å². The largest absolute Gasteiger partial charge is 0.368 e. The van der Waals surface area contributed by atoms with E-state index in [0.717, 1.165) is 43.3 Å². The maximum Gasteiger partial charge on any atom is 0.143 e. The van der Waals surface area contributed by atoms with Crippen LogP contribution in [0.25, 0.3) is 5.31 Å². The Bertz CT molecular complexity index is 713. The average molecular weight is 377 g/mol. The standard InChI is InChI=1S/C18H22ClN4OP/c1-22-13-16(23-7-5-20-6-8-23)2-3-18(22)25-17(4-9-24)14-10-15(19)12-21-11-14/h2-4,9-13,18,20,25H,5-8H2,1H3/b17-4-. The van der Waals surface area contributed by atoms with Gasteiger partial charge < -0.3 is 15.1 Å². The first-order chi connectivity index (χ1) is 12.2. The minimum absolute atomic E-state index is 0.219. The summed E-state index contributed by atoms with van der Waals surface area (Å²) in [4.78, 5) is 19.8. The van der Waals surface area contributed by atoms with E-state index in [1.807, 2.05) is 6.07 Å². The van der Waals surface area contributed by atoms with E-state index in [9.17, 15) is 4.79 Å². The smallest absolute Gasteiger partial charge is 0.143 e. The number of aldehydes is 1. The van der Waals surface area contributed by atoms with Crippen molar-refractivity contribution in [3.63, 3.8) is 0 Å². The van der Waals surface area contributed by atoms with Crippen molar-refractivity contribution >= 4 is 31.8 Å². The SMILES string of the molecule is CN1C=C(N2CCNCC2)C=CC1P/C(=C\C=O)c1cncc(Cl)c1. The summed E-state index contributed by atoms with van der Waals surface area (Å²) in [6, 6.07) is 1.85. The minimum atomic E-state index is 0.219. The van der Waals surface area contributed by atoms with Crippen molar-refractivity contribution in [2.75, 3.05) is 33.2 Å². The summed E-state index contributed by atoms with van der Waals surface area (Å²) in [5.41, 5.74) is 2.15. The molecular formula is C18H22ClN4OP. The van der Waals surface area contributed by atoms with E-state index >= 15 is 0 Å². The minimum Gasteiger partial charge on any atom is -0.368 e. The molecule has 1 N–H and O–H groups in total. The fourth-order valence-electron chi connectivity index (χ4n) is 2.93. The van der Waals surface area contributed by atoms with Gasteiger partial charge in [-0.05, 0) is 23.5 Å². The molecule has 7 heteroatoms. The molecule has 5 nitrogen and oxygen atoms in total. The summed E-state index contributed by atoms with van der Waals surface area (Å²) in [6.45, 7) is 4.10. The summed E-state index contributed by atoms with van der Waals surface area (Å²) in [5, 5.41) is 4.91. The molecule has 0 amide bonds. The molecule has 2 atom stereocenters. The molecule has 2 unspecified atom stereocenters. The third kappa shape index (κ3) is 4.69. The Hall–Kier alpha value is -1.68. The van der Waals surface area contributed by atoms with Crippen LogP contribution >= 0.6 is 20.2 Å². The van der Waals surface area contributed by atoms with E-state index in [4.69, 9.17) is 11.6 Å². The van der Waals surface area contributed by atoms with E-state index in [0.29, 0.717) is 13.6 Å². The van der Waals surface area contributed by atoms with Crippen LogP contribution in [0.1, 0.15) is 5.56 Å². The molecule has 2 aliphatic heterocycles. The van der Waals surface area contributed by atoms with Crippen LogP contribution in [-0.2, 0) is 4.79 Å². The molecule has 1 aromatic heterocycles. The van der Waals surface area contributed by atoms with Gasteiger partial charge in [-0.1, -0.05) is 26.3 Å². The van der Waals surface area contributed by atoms with E-state index in [2.05, 4.69) is 45.5 Å². The summed E-state index contributed by atoms with van der Waals surface area (Å²) in [7, 11) is 2.51. The number of allylic oxidation sites excluding steroid dienone is 2. The number of hydrogen-bond donors (Lipinski definition) is 1. The van der Waals surface area contributed by atoms with Crippen LogP contribution in [0.5, 0.6) is 0 Å². The lowest BCUT2D eigenvalue weighted by atomic mass is 10.2. The number of piperazine rings is 1. The Morgan fingerprint density at radius 2 is 2.20 bits per heavy atom. The van der Waals surface area contributed by atoms with Crippen LogP contribution in [0.4, 0.5) is 0 Å². The van der Waals surface area contributed by atoms with Gasteiger partial charge in [-0.15, -0.1) is 0 Å². The lowest BCUT2D eigenvalue weighted by molar-refractivity contribution is -0.104. The number of carbonyl (C=O) groups is 1. The predicted octanol–water partition coefficient (Wildman–Crippen LogP) is 2.53. The molecule has 132 valence electrons. The number of halogens is 1. The zero-order chi connectivity index (χ0) is 17.6. The lowest BCUT2D eigenvalue weighted by Gasteiger charge is -2.35. The maximum atomic E-state index is 11.1. The van der Waals surface area contributed by atoms with Crippen LogP contribution in [0, 0.1) is 0 Å². The molecule has 3 heterocycles. The van der Waals surface area contributed by atoms with Gasteiger partial charge in [-0.25, -0.2) is 0 Å². The number of likely N-dealkylation sites (N-methyl/N-ethyl adjacent to an activating group) is 1. The molecule has 1 aromatic rings. The van der Waals surface area contributed by atoms with E-state index < -0.39 is 0 Å². The molecular weight excluding hydrogens is 355 g/mol. The van der Waals surface area contributed by atoms with Crippen LogP contribution in [0.3, 0.4) is 0 Å². The number of nitrogens with one attached hydrogen (secondary N) is 1. The fourth-order valence-corrected chi connectivity index (χ4v) is 4.36. The zero-order valence-electron chi connectivity index (χ0n) is 14.2. The molecule has 2 aliphatic rings. The Labute approximate surface area is 155 Å². The normalized spacial score (nSPS) is 21.8. The maximum absolute atomic E-state index is 11.1. The molecule has 0 spiro atoms. The average Bonchev–Trinajstić information content (AvgIpc) is 2.63. The van der Waals surface area contributed by atoms with Crippen molar-refractivity contribution in [2.24, 2.45) is 0 Å². The first kappa shape index (κ1) is 18.1. The third-order valence-electron chi connectivity index (χ3n) is 4.26. The fraction of sp³-hybridized carbons (Fsp3) is 0.333. The Morgan fingerprint density at radius 1 is 1.40 bits per heavy atom. The number of carbonyl (C=O) groups excluding carboxylic acids is 1. The highest BCUT2D eigenvalue weighted by Crippen LogP contribution is 2.40. The summed E-state index contributed by atoms with van der Waals surface area (Å²) in [6.07, 6.45) is 12.4. The van der Waals surface area contributed by atoms with Crippen molar-refractivity contribution < 1.29 is 4.79 Å². The molecule has 25 heavy (non-hydrogen) atoms. The highest BCUT2D eigenvalue weighted by molar-refractivity contribution is 7.51. The van der Waals surface area contributed by atoms with Crippen molar-refractivity contribution in [3.8, 4) is 0 Å². The Balaban J connectivity index is 1.72. The predicted molar refractivity (Wildman–Crippen MR) is 105 cm³/mol. The monoisotopic (exact) mass is 376 g/mol. The van der Waals surface area contributed by atoms with E-state index in [1.165, 1.54) is 5.70 Å². The molecule has 3 rings (SSSR count). The molecule has 1 saturated heterocycles. The third-order valence-corrected chi connectivity index (χ3v) is 6.13. The van der Waals surface area contributed by atoms with Gasteiger partial charge in [0, 0.05) is 57.4 Å². The van der Waals surface area contributed by atoms with E-state index in [-0.39, 0.29) is 5.78 Å². The Morgan fingerprint density at radius 3 is 2.88 bits per heavy atom. The van der Waals surface area contributed by atoms with Gasteiger partial charge in [0.25, 0.3) is 0 Å². The van der Waals surface area contributed by atoms with Crippen LogP contribution < -0.4 is 5.32 Å². The van der Waals surface area contributed by atoms with Crippen molar-refractivity contribution in [1.29, 1.82) is 0 Å². The second kappa shape index (κ2) is 8.61. The van der Waals surface area contributed by atoms with E-state index in [1.54, 1.807) is 18.5 Å². The molecule has 1 fully saturated rings. The highest BCUT2D eigenvalue weighted by atomic mass is 35.5. The van der Waals surface area contributed by atoms with Gasteiger partial charge in [0.15, 0.2) is 0 Å². The van der Waals surface area contributed by atoms with Crippen LogP contribution in [0.2, 0.25) is 5.02 Å². The van der Waals surface area contributed by atoms with Gasteiger partial charge in [-0.2, -0.15) is 0 Å². The summed E-state index contributed by atoms with van der Waals surface area (Å²) >= 11 is 6.05. The molecule has 0 aliphatic carbocycles. The molecule has 0 bridgehead atoms. The number of nitrogens with zero attached hydrogens (tertiary/aromatic N) is 3. The van der Waals surface area contributed by atoms with Crippen molar-refractivity contribution in [1.82, 2.24) is 20.1 Å². The first-order valence-electron chi connectivity index (χ1n) is 8.28. The van der Waals surface area contributed by atoms with Crippen molar-refractivity contribution in [3.05, 3.63) is 59.2 Å². The van der Waals surface area contributed by atoms with Crippen LogP contribution in [0.15, 0.2) is 48.6 Å². The number of rotatable bonds is 5. The molecule has 0 saturated carbocycles. The second-order valence-corrected chi connectivity index (χ2v) is 7.87. The Kier molecular flexibility index (Phi) is 6.24. The summed E-state index contributed by atoms with van der Waals surface area (Å²) < 4.78 is 0. The molecule has 0 aromatic carbocycles. The van der Waals surface area contributed by atoms with Gasteiger partial charge in [-0.3, -0.25) is 9.78 Å². The zero-order valence-corrected chi connectivity index (χ0v) is 15.9. The van der Waals surface area contributed by atoms with Crippen molar-refractivity contribution in [2.45, 2.75) is 5.78 Å². The quantitative estimate of drug-likeness (QED) is 0.486. The summed E-state index contributed by atoms with van der Waals surface area (Å²) in [5.74, 6) is 0.219. The number of aromatic nitrogens is 1. The van der Waals surface area contributed by atoms with Gasteiger partial charge in [0.05, 0.1) is 16.5 Å². The van der Waals surface area contributed by atoms with Gasteiger partial charge in [0.2, 0.25) is 0 Å². The lowest BCUT2D eigenvalue weighted by Crippen LogP contribution is -2.43. The first-order valence-corrected chi connectivity index (χ1v) is 9.73.